The van der Waals surface area contributed by atoms with Gasteiger partial charge in [-0.25, -0.2) is 0 Å². The van der Waals surface area contributed by atoms with E-state index in [0.29, 0.717) is 30.3 Å². The normalized spacial score (nSPS) is 14.1. The Kier molecular flexibility index (Phi) is 8.31. The number of nitrogens with one attached hydrogen (secondary N) is 3. The lowest BCUT2D eigenvalue weighted by atomic mass is 9.86. The third kappa shape index (κ3) is 7.90. The first kappa shape index (κ1) is 25.3. The Morgan fingerprint density at radius 2 is 1.65 bits per heavy atom. The van der Waals surface area contributed by atoms with Crippen LogP contribution in [0.15, 0.2) is 48.5 Å². The van der Waals surface area contributed by atoms with Crippen LogP contribution in [0.5, 0.6) is 5.75 Å². The Balaban J connectivity index is 1.37. The van der Waals surface area contributed by atoms with Crippen LogP contribution in [-0.4, -0.2) is 43.0 Å². The Morgan fingerprint density at radius 3 is 2.24 bits per heavy atom. The van der Waals surface area contributed by atoms with Gasteiger partial charge in [0, 0.05) is 18.2 Å². The minimum atomic E-state index is -0.646. The third-order valence-electron chi connectivity index (χ3n) is 5.70. The standard InChI is InChI=1S/C27H35N3O4/c1-18(29-26(33)20-7-9-21(10-8-20)27(2,3)4)25(32)28-16-15-19-5-13-23(14-6-19)34-17-24(31)30-22-11-12-22/h5-10,13-14,18,22H,11-12,15-17H2,1-4H3,(H,28,32)(H,29,33)(H,30,31). The molecule has 2 aromatic rings. The molecule has 1 aliphatic carbocycles. The smallest absolute Gasteiger partial charge is 0.258 e. The molecule has 0 aromatic heterocycles. The van der Waals surface area contributed by atoms with Crippen LogP contribution in [0.3, 0.4) is 0 Å². The highest BCUT2D eigenvalue weighted by molar-refractivity contribution is 5.97. The van der Waals surface area contributed by atoms with Gasteiger partial charge in [0.2, 0.25) is 5.91 Å². The number of hydrogen-bond acceptors (Lipinski definition) is 4. The molecule has 7 nitrogen and oxygen atoms in total. The minimum absolute atomic E-state index is 0.0102. The average molecular weight is 466 g/mol. The topological polar surface area (TPSA) is 96.5 Å². The Morgan fingerprint density at radius 1 is 1.00 bits per heavy atom. The van der Waals surface area contributed by atoms with Crippen molar-refractivity contribution in [1.82, 2.24) is 16.0 Å². The summed E-state index contributed by atoms with van der Waals surface area (Å²) in [5.41, 5.74) is 2.72. The summed E-state index contributed by atoms with van der Waals surface area (Å²) in [6.45, 7) is 8.48. The van der Waals surface area contributed by atoms with E-state index in [2.05, 4.69) is 36.7 Å². The Labute approximate surface area is 201 Å². The van der Waals surface area contributed by atoms with E-state index in [4.69, 9.17) is 4.74 Å². The molecule has 0 heterocycles. The number of carbonyl (C=O) groups is 3. The Hall–Kier alpha value is -3.35. The molecule has 1 fully saturated rings. The van der Waals surface area contributed by atoms with Crippen molar-refractivity contribution in [3.05, 3.63) is 65.2 Å². The molecule has 0 spiro atoms. The van der Waals surface area contributed by atoms with Gasteiger partial charge in [-0.05, 0) is 67.0 Å². The summed E-state index contributed by atoms with van der Waals surface area (Å²) in [5.74, 6) is 0.0221. The minimum Gasteiger partial charge on any atom is -0.484 e. The molecule has 1 aliphatic rings. The molecule has 2 aromatic carbocycles. The van der Waals surface area contributed by atoms with E-state index in [9.17, 15) is 14.4 Å². The van der Waals surface area contributed by atoms with Crippen LogP contribution in [0.25, 0.3) is 0 Å². The van der Waals surface area contributed by atoms with Crippen LogP contribution in [0.4, 0.5) is 0 Å². The van der Waals surface area contributed by atoms with Crippen molar-refractivity contribution in [2.24, 2.45) is 0 Å². The Bertz CT molecular complexity index is 990. The van der Waals surface area contributed by atoms with Gasteiger partial charge in [0.15, 0.2) is 6.61 Å². The summed E-state index contributed by atoms with van der Waals surface area (Å²) in [6, 6.07) is 14.6. The van der Waals surface area contributed by atoms with Crippen molar-refractivity contribution < 1.29 is 19.1 Å². The number of amides is 3. The number of hydrogen-bond donors (Lipinski definition) is 3. The van der Waals surface area contributed by atoms with E-state index < -0.39 is 6.04 Å². The monoisotopic (exact) mass is 465 g/mol. The lowest BCUT2D eigenvalue weighted by Crippen LogP contribution is -2.45. The summed E-state index contributed by atoms with van der Waals surface area (Å²) >= 11 is 0. The highest BCUT2D eigenvalue weighted by Crippen LogP contribution is 2.22. The molecule has 3 N–H and O–H groups in total. The quantitative estimate of drug-likeness (QED) is 0.502. The van der Waals surface area contributed by atoms with Gasteiger partial charge >= 0.3 is 0 Å². The van der Waals surface area contributed by atoms with E-state index in [1.165, 1.54) is 0 Å². The van der Waals surface area contributed by atoms with Crippen molar-refractivity contribution in [2.45, 2.75) is 64.5 Å². The van der Waals surface area contributed by atoms with Crippen molar-refractivity contribution in [3.63, 3.8) is 0 Å². The van der Waals surface area contributed by atoms with Crippen LogP contribution in [0.1, 0.15) is 62.0 Å². The van der Waals surface area contributed by atoms with Crippen LogP contribution in [0.2, 0.25) is 0 Å². The van der Waals surface area contributed by atoms with Gasteiger partial charge in [0.25, 0.3) is 11.8 Å². The molecule has 182 valence electrons. The predicted molar refractivity (Wildman–Crippen MR) is 132 cm³/mol. The molecule has 0 aliphatic heterocycles. The van der Waals surface area contributed by atoms with E-state index in [1.54, 1.807) is 19.1 Å². The molecule has 3 rings (SSSR count). The van der Waals surface area contributed by atoms with Gasteiger partial charge in [-0.3, -0.25) is 14.4 Å². The second-order valence-electron chi connectivity index (χ2n) is 9.84. The number of rotatable bonds is 10. The van der Waals surface area contributed by atoms with Crippen molar-refractivity contribution in [3.8, 4) is 5.75 Å². The second-order valence-corrected chi connectivity index (χ2v) is 9.84. The maximum atomic E-state index is 12.5. The molecule has 0 radical (unpaired) electrons. The third-order valence-corrected chi connectivity index (χ3v) is 5.70. The number of benzene rings is 2. The van der Waals surface area contributed by atoms with Crippen LogP contribution >= 0.6 is 0 Å². The molecule has 0 bridgehead atoms. The zero-order valence-corrected chi connectivity index (χ0v) is 20.4. The summed E-state index contributed by atoms with van der Waals surface area (Å²) in [6.07, 6.45) is 2.74. The molecule has 34 heavy (non-hydrogen) atoms. The largest absolute Gasteiger partial charge is 0.484 e. The van der Waals surface area contributed by atoms with E-state index in [0.717, 1.165) is 24.0 Å². The maximum absolute atomic E-state index is 12.5. The number of ether oxygens (including phenoxy) is 1. The van der Waals surface area contributed by atoms with Gasteiger partial charge < -0.3 is 20.7 Å². The fourth-order valence-electron chi connectivity index (χ4n) is 3.35. The molecular formula is C27H35N3O4. The maximum Gasteiger partial charge on any atom is 0.258 e. The molecule has 1 unspecified atom stereocenters. The first-order valence-electron chi connectivity index (χ1n) is 11.8. The molecule has 1 atom stereocenters. The van der Waals surface area contributed by atoms with Crippen molar-refractivity contribution in [1.29, 1.82) is 0 Å². The van der Waals surface area contributed by atoms with E-state index in [1.807, 2.05) is 36.4 Å². The highest BCUT2D eigenvalue weighted by Gasteiger charge is 2.23. The summed E-state index contributed by atoms with van der Waals surface area (Å²) in [4.78, 5) is 36.5. The first-order valence-corrected chi connectivity index (χ1v) is 11.8. The molecule has 7 heteroatoms. The predicted octanol–water partition coefficient (Wildman–Crippen LogP) is 3.12. The number of carbonyl (C=O) groups excluding carboxylic acids is 3. The van der Waals surface area contributed by atoms with E-state index in [-0.39, 0.29) is 29.7 Å². The van der Waals surface area contributed by atoms with Gasteiger partial charge in [-0.15, -0.1) is 0 Å². The summed E-state index contributed by atoms with van der Waals surface area (Å²) in [7, 11) is 0. The van der Waals surface area contributed by atoms with Crippen LogP contribution in [0, 0.1) is 0 Å². The SMILES string of the molecule is CC(NC(=O)c1ccc(C(C)(C)C)cc1)C(=O)NCCc1ccc(OCC(=O)NC2CC2)cc1. The fraction of sp³-hybridized carbons (Fsp3) is 0.444. The molecule has 1 saturated carbocycles. The van der Waals surface area contributed by atoms with E-state index >= 15 is 0 Å². The highest BCUT2D eigenvalue weighted by atomic mass is 16.5. The second kappa shape index (κ2) is 11.2. The van der Waals surface area contributed by atoms with Gasteiger partial charge in [-0.2, -0.15) is 0 Å². The first-order chi connectivity index (χ1) is 16.1. The summed E-state index contributed by atoms with van der Waals surface area (Å²) < 4.78 is 5.50. The zero-order valence-electron chi connectivity index (χ0n) is 20.4. The van der Waals surface area contributed by atoms with Crippen LogP contribution in [-0.2, 0) is 21.4 Å². The van der Waals surface area contributed by atoms with Gasteiger partial charge in [0.1, 0.15) is 11.8 Å². The lowest BCUT2D eigenvalue weighted by molar-refractivity contribution is -0.123. The fourth-order valence-corrected chi connectivity index (χ4v) is 3.35. The van der Waals surface area contributed by atoms with Crippen molar-refractivity contribution >= 4 is 17.7 Å². The lowest BCUT2D eigenvalue weighted by Gasteiger charge is -2.19. The van der Waals surface area contributed by atoms with Crippen LogP contribution < -0.4 is 20.7 Å². The van der Waals surface area contributed by atoms with Gasteiger partial charge in [-0.1, -0.05) is 45.0 Å². The average Bonchev–Trinajstić information content (AvgIpc) is 3.61. The van der Waals surface area contributed by atoms with Gasteiger partial charge in [0.05, 0.1) is 0 Å². The summed E-state index contributed by atoms with van der Waals surface area (Å²) in [5, 5.41) is 8.49. The molecular weight excluding hydrogens is 430 g/mol. The molecule has 0 saturated heterocycles. The van der Waals surface area contributed by atoms with Crippen molar-refractivity contribution in [2.75, 3.05) is 13.2 Å². The zero-order chi connectivity index (χ0) is 24.7. The molecule has 3 amide bonds.